The molecule has 4 rings (SSSR count). The van der Waals surface area contributed by atoms with Crippen LogP contribution >= 0.6 is 0 Å². The van der Waals surface area contributed by atoms with Crippen LogP contribution < -0.4 is 11.5 Å². The van der Waals surface area contributed by atoms with Crippen LogP contribution in [-0.2, 0) is 13.5 Å². The second kappa shape index (κ2) is 7.00. The maximum atomic E-state index is 11.8. The average molecular weight is 390 g/mol. The number of amides is 1. The van der Waals surface area contributed by atoms with Crippen LogP contribution in [0.3, 0.4) is 0 Å². The number of carbonyl (C=O) groups is 1. The highest BCUT2D eigenvalue weighted by molar-refractivity contribution is 5.89. The Kier molecular flexibility index (Phi) is 4.62. The summed E-state index contributed by atoms with van der Waals surface area (Å²) >= 11 is 0. The molecule has 7 nitrogen and oxygen atoms in total. The molecule has 0 radical (unpaired) electrons. The van der Waals surface area contributed by atoms with Gasteiger partial charge < -0.3 is 16.0 Å². The number of nitrogen functional groups attached to an aromatic ring is 1. The Bertz CT molecular complexity index is 1120. The second-order valence-electron chi connectivity index (χ2n) is 7.74. The van der Waals surface area contributed by atoms with E-state index < -0.39 is 5.91 Å². The fourth-order valence-electron chi connectivity index (χ4n) is 4.35. The largest absolute Gasteiger partial charge is 0.397 e. The van der Waals surface area contributed by atoms with Crippen LogP contribution in [0.25, 0.3) is 11.1 Å². The summed E-state index contributed by atoms with van der Waals surface area (Å²) in [6.45, 7) is 5.01. The molecule has 1 atom stereocenters. The Morgan fingerprint density at radius 2 is 1.90 bits per heavy atom. The van der Waals surface area contributed by atoms with Crippen LogP contribution in [0.5, 0.6) is 0 Å². The third-order valence-electron chi connectivity index (χ3n) is 6.08. The normalized spacial score (nSPS) is 16.6. The molecule has 3 heterocycles. The van der Waals surface area contributed by atoms with Crippen molar-refractivity contribution in [2.24, 2.45) is 12.8 Å². The lowest BCUT2D eigenvalue weighted by Gasteiger charge is -2.33. The molecule has 0 bridgehead atoms. The predicted octanol–water partition coefficient (Wildman–Crippen LogP) is 2.36. The molecule has 2 aromatic heterocycles. The summed E-state index contributed by atoms with van der Waals surface area (Å²) in [5.41, 5.74) is 19.8. The first-order chi connectivity index (χ1) is 13.8. The third kappa shape index (κ3) is 2.98. The minimum absolute atomic E-state index is 0.0488. The van der Waals surface area contributed by atoms with Gasteiger partial charge in [-0.05, 0) is 43.1 Å². The first kappa shape index (κ1) is 19.1. The van der Waals surface area contributed by atoms with E-state index in [9.17, 15) is 4.79 Å². The summed E-state index contributed by atoms with van der Waals surface area (Å²) in [5, 5.41) is 0. The first-order valence-corrected chi connectivity index (χ1v) is 9.66. The van der Waals surface area contributed by atoms with Gasteiger partial charge in [0.2, 0.25) is 0 Å². The number of benzene rings is 1. The van der Waals surface area contributed by atoms with Gasteiger partial charge in [-0.2, -0.15) is 0 Å². The monoisotopic (exact) mass is 390 g/mol. The lowest BCUT2D eigenvalue weighted by atomic mass is 9.88. The van der Waals surface area contributed by atoms with Crippen LogP contribution in [0, 0.1) is 13.8 Å². The zero-order valence-corrected chi connectivity index (χ0v) is 17.2. The number of pyridine rings is 1. The molecule has 0 fully saturated rings. The van der Waals surface area contributed by atoms with E-state index in [2.05, 4.69) is 47.0 Å². The van der Waals surface area contributed by atoms with Crippen molar-refractivity contribution in [1.82, 2.24) is 19.4 Å². The van der Waals surface area contributed by atoms with Crippen molar-refractivity contribution in [3.05, 3.63) is 64.5 Å². The van der Waals surface area contributed by atoms with E-state index in [1.807, 2.05) is 24.7 Å². The lowest BCUT2D eigenvalue weighted by Crippen LogP contribution is -2.34. The Morgan fingerprint density at radius 3 is 2.62 bits per heavy atom. The predicted molar refractivity (Wildman–Crippen MR) is 113 cm³/mol. The van der Waals surface area contributed by atoms with Gasteiger partial charge in [0, 0.05) is 37.5 Å². The van der Waals surface area contributed by atoms with Gasteiger partial charge in [0.15, 0.2) is 5.82 Å². The molecule has 0 saturated carbocycles. The quantitative estimate of drug-likeness (QED) is 0.715. The van der Waals surface area contributed by atoms with E-state index in [0.29, 0.717) is 11.5 Å². The van der Waals surface area contributed by atoms with Gasteiger partial charge in [-0.1, -0.05) is 18.2 Å². The van der Waals surface area contributed by atoms with E-state index >= 15 is 0 Å². The average Bonchev–Trinajstić information content (AvgIpc) is 3.02. The number of likely N-dealkylation sites (N-methyl/N-ethyl adjacent to an activating group) is 1. The number of imidazole rings is 1. The number of hydrogen-bond acceptors (Lipinski definition) is 5. The smallest absolute Gasteiger partial charge is 0.284 e. The van der Waals surface area contributed by atoms with Gasteiger partial charge in [-0.3, -0.25) is 14.7 Å². The van der Waals surface area contributed by atoms with Crippen LogP contribution in [-0.4, -0.2) is 38.9 Å². The van der Waals surface area contributed by atoms with Gasteiger partial charge in [-0.15, -0.1) is 0 Å². The highest BCUT2D eigenvalue weighted by Crippen LogP contribution is 2.39. The van der Waals surface area contributed by atoms with Crippen molar-refractivity contribution < 1.29 is 4.79 Å². The molecule has 4 N–H and O–H groups in total. The van der Waals surface area contributed by atoms with E-state index in [1.54, 1.807) is 6.20 Å². The molecular formula is C22H26N6O. The standard InChI is InChI=1S/C22H26N6O/c1-12-14(16-10-25-11-17(23)13(16)2)6-5-7-15(12)20-19-18(8-9-27(20)3)28(4)22(26-19)21(24)29/h5-7,10-11,20H,8-9,23H2,1-4H3,(H2,24,29). The number of anilines is 1. The van der Waals surface area contributed by atoms with Crippen LogP contribution in [0.15, 0.2) is 30.6 Å². The molecule has 150 valence electrons. The molecular weight excluding hydrogens is 364 g/mol. The summed E-state index contributed by atoms with van der Waals surface area (Å²) in [6, 6.07) is 6.23. The van der Waals surface area contributed by atoms with Crippen molar-refractivity contribution in [3.63, 3.8) is 0 Å². The van der Waals surface area contributed by atoms with Crippen LogP contribution in [0.1, 0.15) is 44.7 Å². The van der Waals surface area contributed by atoms with E-state index in [0.717, 1.165) is 52.2 Å². The minimum Gasteiger partial charge on any atom is -0.397 e. The molecule has 0 aliphatic carbocycles. The molecule has 1 unspecified atom stereocenters. The summed E-state index contributed by atoms with van der Waals surface area (Å²) in [6.07, 6.45) is 4.37. The van der Waals surface area contributed by atoms with Gasteiger partial charge in [0.25, 0.3) is 5.91 Å². The summed E-state index contributed by atoms with van der Waals surface area (Å²) in [4.78, 5) is 23.1. The van der Waals surface area contributed by atoms with Crippen molar-refractivity contribution in [3.8, 4) is 11.1 Å². The third-order valence-corrected chi connectivity index (χ3v) is 6.08. The molecule has 1 aliphatic rings. The minimum atomic E-state index is -0.504. The van der Waals surface area contributed by atoms with Crippen LogP contribution in [0.4, 0.5) is 5.69 Å². The number of carbonyl (C=O) groups excluding carboxylic acids is 1. The second-order valence-corrected chi connectivity index (χ2v) is 7.74. The zero-order chi connectivity index (χ0) is 20.9. The zero-order valence-electron chi connectivity index (χ0n) is 17.2. The number of fused-ring (bicyclic) bond motifs is 1. The number of nitrogens with two attached hydrogens (primary N) is 2. The summed E-state index contributed by atoms with van der Waals surface area (Å²) in [5.74, 6) is -0.199. The number of nitrogens with zero attached hydrogens (tertiary/aromatic N) is 4. The fraction of sp³-hybridized carbons (Fsp3) is 0.318. The Balaban J connectivity index is 1.90. The Morgan fingerprint density at radius 1 is 1.14 bits per heavy atom. The SMILES string of the molecule is Cc1c(N)cncc1-c1cccc(C2c3nc(C(N)=O)n(C)c3CCN2C)c1C. The molecule has 1 aliphatic heterocycles. The van der Waals surface area contributed by atoms with Crippen molar-refractivity contribution in [1.29, 1.82) is 0 Å². The Hall–Kier alpha value is -3.19. The first-order valence-electron chi connectivity index (χ1n) is 9.66. The molecule has 29 heavy (non-hydrogen) atoms. The molecule has 1 amide bonds. The highest BCUT2D eigenvalue weighted by atomic mass is 16.1. The van der Waals surface area contributed by atoms with Gasteiger partial charge in [0.1, 0.15) is 0 Å². The maximum Gasteiger partial charge on any atom is 0.284 e. The molecule has 3 aromatic rings. The summed E-state index contributed by atoms with van der Waals surface area (Å²) in [7, 11) is 3.95. The maximum absolute atomic E-state index is 11.8. The Labute approximate surface area is 170 Å². The topological polar surface area (TPSA) is 103 Å². The van der Waals surface area contributed by atoms with Crippen molar-refractivity contribution in [2.75, 3.05) is 19.3 Å². The van der Waals surface area contributed by atoms with E-state index in [4.69, 9.17) is 11.5 Å². The van der Waals surface area contributed by atoms with Gasteiger partial charge in [0.05, 0.1) is 23.6 Å². The van der Waals surface area contributed by atoms with Crippen molar-refractivity contribution >= 4 is 11.6 Å². The van der Waals surface area contributed by atoms with E-state index in [1.165, 1.54) is 0 Å². The number of aromatic nitrogens is 3. The number of hydrogen-bond donors (Lipinski definition) is 2. The number of rotatable bonds is 3. The molecule has 0 spiro atoms. The van der Waals surface area contributed by atoms with Crippen molar-refractivity contribution in [2.45, 2.75) is 26.3 Å². The highest BCUT2D eigenvalue weighted by Gasteiger charge is 2.33. The molecule has 1 aromatic carbocycles. The fourth-order valence-corrected chi connectivity index (χ4v) is 4.35. The van der Waals surface area contributed by atoms with Crippen LogP contribution in [0.2, 0.25) is 0 Å². The lowest BCUT2D eigenvalue weighted by molar-refractivity contribution is 0.0987. The van der Waals surface area contributed by atoms with E-state index in [-0.39, 0.29) is 6.04 Å². The van der Waals surface area contributed by atoms with Gasteiger partial charge >= 0.3 is 0 Å². The molecule has 0 saturated heterocycles. The molecule has 7 heteroatoms. The summed E-state index contributed by atoms with van der Waals surface area (Å²) < 4.78 is 1.84. The van der Waals surface area contributed by atoms with Gasteiger partial charge in [-0.25, -0.2) is 4.98 Å². The number of primary amides is 1.